The van der Waals surface area contributed by atoms with Crippen LogP contribution in [-0.4, -0.2) is 12.8 Å². The van der Waals surface area contributed by atoms with Crippen LogP contribution in [-0.2, 0) is 0 Å². The van der Waals surface area contributed by atoms with Crippen molar-refractivity contribution in [2.24, 2.45) is 5.10 Å². The molecule has 0 aromatic rings. The van der Waals surface area contributed by atoms with Gasteiger partial charge in [-0.3, -0.25) is 0 Å². The minimum absolute atomic E-state index is 1.05. The first-order chi connectivity index (χ1) is 2.77. The van der Waals surface area contributed by atoms with Gasteiger partial charge >= 0.3 is 0 Å². The lowest BCUT2D eigenvalue weighted by Gasteiger charge is -1.84. The van der Waals surface area contributed by atoms with Crippen LogP contribution >= 0.6 is 0 Å². The number of nitrogens with one attached hydrogen (secondary N) is 1. The molecule has 0 heterocycles. The van der Waals surface area contributed by atoms with Crippen molar-refractivity contribution in [1.29, 1.82) is 0 Å². The van der Waals surface area contributed by atoms with Gasteiger partial charge in [0, 0.05) is 12.8 Å². The Hall–Kier alpha value is -0.530. The van der Waals surface area contributed by atoms with Crippen molar-refractivity contribution >= 4 is 5.71 Å². The summed E-state index contributed by atoms with van der Waals surface area (Å²) < 4.78 is 0. The second kappa shape index (κ2) is 2.69. The van der Waals surface area contributed by atoms with Crippen LogP contribution in [0, 0.1) is 0 Å². The molecule has 0 aromatic carbocycles. The molecule has 0 bridgehead atoms. The van der Waals surface area contributed by atoms with Gasteiger partial charge in [0.05, 0.1) is 0 Å². The standard InChI is InChI=1S/C4H10N2/c1-4(2)6-5-3/h5H,1-3H3. The van der Waals surface area contributed by atoms with Gasteiger partial charge in [-0.25, -0.2) is 0 Å². The molecule has 0 unspecified atom stereocenters. The first-order valence-electron chi connectivity index (χ1n) is 1.95. The Bertz CT molecular complexity index is 52.6. The summed E-state index contributed by atoms with van der Waals surface area (Å²) in [5.74, 6) is 0. The fourth-order valence-electron chi connectivity index (χ4n) is 0.224. The van der Waals surface area contributed by atoms with Gasteiger partial charge in [-0.05, 0) is 13.8 Å². The molecule has 0 aliphatic rings. The first kappa shape index (κ1) is 5.47. The summed E-state index contributed by atoms with van der Waals surface area (Å²) in [6.45, 7) is 3.88. The van der Waals surface area contributed by atoms with Crippen molar-refractivity contribution in [2.45, 2.75) is 13.8 Å². The van der Waals surface area contributed by atoms with Crippen LogP contribution in [0.2, 0.25) is 0 Å². The van der Waals surface area contributed by atoms with E-state index < -0.39 is 0 Å². The van der Waals surface area contributed by atoms with Gasteiger partial charge in [0.1, 0.15) is 0 Å². The maximum Gasteiger partial charge on any atom is 0.0316 e. The molecular weight excluding hydrogens is 76.1 g/mol. The second-order valence-electron chi connectivity index (χ2n) is 1.28. The van der Waals surface area contributed by atoms with Gasteiger partial charge in [-0.2, -0.15) is 5.10 Å². The summed E-state index contributed by atoms with van der Waals surface area (Å²) in [5.41, 5.74) is 3.71. The summed E-state index contributed by atoms with van der Waals surface area (Å²) in [7, 11) is 1.78. The molecule has 0 radical (unpaired) electrons. The molecule has 1 N–H and O–H groups in total. The van der Waals surface area contributed by atoms with Crippen LogP contribution in [0.3, 0.4) is 0 Å². The lowest BCUT2D eigenvalue weighted by Crippen LogP contribution is -1.96. The topological polar surface area (TPSA) is 24.4 Å². The first-order valence-corrected chi connectivity index (χ1v) is 1.95. The molecule has 0 aromatic heterocycles. The van der Waals surface area contributed by atoms with E-state index in [0.717, 1.165) is 5.71 Å². The van der Waals surface area contributed by atoms with E-state index >= 15 is 0 Å². The van der Waals surface area contributed by atoms with Gasteiger partial charge < -0.3 is 5.43 Å². The molecule has 36 valence electrons. The Morgan fingerprint density at radius 3 is 2.00 bits per heavy atom. The van der Waals surface area contributed by atoms with Crippen molar-refractivity contribution in [3.05, 3.63) is 0 Å². The third kappa shape index (κ3) is 3.47. The molecule has 0 saturated carbocycles. The van der Waals surface area contributed by atoms with E-state index in [4.69, 9.17) is 0 Å². The average Bonchev–Trinajstić information content (AvgIpc) is 1.35. The maximum absolute atomic E-state index is 3.79. The Kier molecular flexibility index (Phi) is 2.46. The van der Waals surface area contributed by atoms with Crippen LogP contribution in [0.4, 0.5) is 0 Å². The number of nitrogens with zero attached hydrogens (tertiary/aromatic N) is 1. The van der Waals surface area contributed by atoms with Crippen molar-refractivity contribution in [1.82, 2.24) is 5.43 Å². The van der Waals surface area contributed by atoms with Crippen molar-refractivity contribution in [2.75, 3.05) is 7.05 Å². The normalized spacial score (nSPS) is 7.17. The lowest BCUT2D eigenvalue weighted by molar-refractivity contribution is 0.898. The minimum atomic E-state index is 1.05. The third-order valence-corrected chi connectivity index (χ3v) is 0.335. The number of rotatable bonds is 1. The van der Waals surface area contributed by atoms with E-state index in [1.807, 2.05) is 13.8 Å². The van der Waals surface area contributed by atoms with Crippen molar-refractivity contribution in [3.8, 4) is 0 Å². The molecule has 2 heteroatoms. The predicted molar refractivity (Wildman–Crippen MR) is 27.8 cm³/mol. The van der Waals surface area contributed by atoms with Gasteiger partial charge in [0.25, 0.3) is 0 Å². The van der Waals surface area contributed by atoms with Gasteiger partial charge in [-0.15, -0.1) is 0 Å². The highest BCUT2D eigenvalue weighted by molar-refractivity contribution is 5.78. The highest BCUT2D eigenvalue weighted by atomic mass is 15.3. The fraction of sp³-hybridized carbons (Fsp3) is 0.750. The Morgan fingerprint density at radius 1 is 1.50 bits per heavy atom. The molecule has 0 fully saturated rings. The zero-order valence-electron chi connectivity index (χ0n) is 4.45. The van der Waals surface area contributed by atoms with Crippen LogP contribution < -0.4 is 5.43 Å². The van der Waals surface area contributed by atoms with E-state index in [1.165, 1.54) is 0 Å². The van der Waals surface area contributed by atoms with Gasteiger partial charge in [0.2, 0.25) is 0 Å². The van der Waals surface area contributed by atoms with Gasteiger partial charge in [-0.1, -0.05) is 0 Å². The fourth-order valence-corrected chi connectivity index (χ4v) is 0.224. The molecular formula is C4H10N2. The third-order valence-electron chi connectivity index (χ3n) is 0.335. The van der Waals surface area contributed by atoms with Crippen LogP contribution in [0.5, 0.6) is 0 Å². The monoisotopic (exact) mass is 86.1 g/mol. The lowest BCUT2D eigenvalue weighted by atomic mass is 10.5. The molecule has 0 aliphatic heterocycles. The van der Waals surface area contributed by atoms with Crippen molar-refractivity contribution < 1.29 is 0 Å². The largest absolute Gasteiger partial charge is 0.313 e. The molecule has 0 rings (SSSR count). The summed E-state index contributed by atoms with van der Waals surface area (Å²) in [5, 5.41) is 3.79. The van der Waals surface area contributed by atoms with Crippen LogP contribution in [0.15, 0.2) is 5.10 Å². The van der Waals surface area contributed by atoms with E-state index in [-0.39, 0.29) is 0 Å². The van der Waals surface area contributed by atoms with Crippen molar-refractivity contribution in [3.63, 3.8) is 0 Å². The van der Waals surface area contributed by atoms with E-state index in [0.29, 0.717) is 0 Å². The van der Waals surface area contributed by atoms with E-state index in [1.54, 1.807) is 7.05 Å². The van der Waals surface area contributed by atoms with Crippen LogP contribution in [0.25, 0.3) is 0 Å². The Labute approximate surface area is 38.2 Å². The van der Waals surface area contributed by atoms with E-state index in [2.05, 4.69) is 10.5 Å². The highest BCUT2D eigenvalue weighted by Crippen LogP contribution is 1.63. The number of hydrogen-bond donors (Lipinski definition) is 1. The average molecular weight is 86.1 g/mol. The zero-order valence-corrected chi connectivity index (χ0v) is 4.45. The van der Waals surface area contributed by atoms with E-state index in [9.17, 15) is 0 Å². The summed E-state index contributed by atoms with van der Waals surface area (Å²) in [6, 6.07) is 0. The number of hydrogen-bond acceptors (Lipinski definition) is 2. The predicted octanol–water partition coefficient (Wildman–Crippen LogP) is 0.602. The summed E-state index contributed by atoms with van der Waals surface area (Å²) in [6.07, 6.45) is 0. The molecule has 0 saturated heterocycles. The summed E-state index contributed by atoms with van der Waals surface area (Å²) >= 11 is 0. The number of hydrazone groups is 1. The zero-order chi connectivity index (χ0) is 4.99. The smallest absolute Gasteiger partial charge is 0.0316 e. The second-order valence-corrected chi connectivity index (χ2v) is 1.28. The molecule has 2 nitrogen and oxygen atoms in total. The molecule has 0 atom stereocenters. The quantitative estimate of drug-likeness (QED) is 0.367. The molecule has 0 spiro atoms. The van der Waals surface area contributed by atoms with Crippen LogP contribution in [0.1, 0.15) is 13.8 Å². The molecule has 6 heavy (non-hydrogen) atoms. The summed E-state index contributed by atoms with van der Waals surface area (Å²) in [4.78, 5) is 0. The molecule has 0 amide bonds. The highest BCUT2D eigenvalue weighted by Gasteiger charge is 1.67. The maximum atomic E-state index is 3.79. The SMILES string of the molecule is CNN=C(C)C. The minimum Gasteiger partial charge on any atom is -0.313 e. The Morgan fingerprint density at radius 2 is 2.00 bits per heavy atom. The molecule has 0 aliphatic carbocycles. The Balaban J connectivity index is 3.14. The van der Waals surface area contributed by atoms with Gasteiger partial charge in [0.15, 0.2) is 0 Å².